The number of aromatic nitrogens is 3. The van der Waals surface area contributed by atoms with E-state index in [9.17, 15) is 4.79 Å². The van der Waals surface area contributed by atoms with Gasteiger partial charge in [-0.1, -0.05) is 0 Å². The van der Waals surface area contributed by atoms with Crippen molar-refractivity contribution in [2.75, 3.05) is 6.54 Å². The van der Waals surface area contributed by atoms with Crippen LogP contribution in [0.5, 0.6) is 0 Å². The van der Waals surface area contributed by atoms with Gasteiger partial charge in [-0.05, 0) is 31.4 Å². The third-order valence-electron chi connectivity index (χ3n) is 4.19. The van der Waals surface area contributed by atoms with E-state index in [1.165, 1.54) is 0 Å². The molecule has 0 fully saturated rings. The van der Waals surface area contributed by atoms with E-state index in [1.807, 2.05) is 43.1 Å². The zero-order valence-electron chi connectivity index (χ0n) is 12.0. The molecule has 2 aromatic rings. The van der Waals surface area contributed by atoms with Gasteiger partial charge < -0.3 is 14.5 Å². The van der Waals surface area contributed by atoms with Crippen LogP contribution in [0.3, 0.4) is 0 Å². The normalized spacial score (nSPS) is 17.8. The lowest BCUT2D eigenvalue weighted by Crippen LogP contribution is -2.34. The van der Waals surface area contributed by atoms with Crippen molar-refractivity contribution in [1.29, 1.82) is 0 Å². The molecule has 0 spiro atoms. The van der Waals surface area contributed by atoms with Crippen LogP contribution in [0, 0.1) is 12.8 Å². The van der Waals surface area contributed by atoms with Crippen LogP contribution in [0.25, 0.3) is 0 Å². The van der Waals surface area contributed by atoms with E-state index in [0.717, 1.165) is 43.1 Å². The first-order chi connectivity index (χ1) is 9.65. The smallest absolute Gasteiger partial charge is 0.267 e. The summed E-state index contributed by atoms with van der Waals surface area (Å²) in [6.07, 6.45) is 5.95. The van der Waals surface area contributed by atoms with Crippen molar-refractivity contribution in [2.45, 2.75) is 26.3 Å². The van der Waals surface area contributed by atoms with Crippen molar-refractivity contribution in [2.24, 2.45) is 13.0 Å². The molecule has 0 saturated heterocycles. The molecule has 5 nitrogen and oxygen atoms in total. The van der Waals surface area contributed by atoms with Gasteiger partial charge in [-0.3, -0.25) is 4.79 Å². The van der Waals surface area contributed by atoms with E-state index in [1.54, 1.807) is 0 Å². The summed E-state index contributed by atoms with van der Waals surface area (Å²) in [4.78, 5) is 16.5. The Morgan fingerprint density at radius 1 is 1.50 bits per heavy atom. The lowest BCUT2D eigenvalue weighted by atomic mass is 9.99. The largest absolute Gasteiger partial charge is 0.350 e. The fourth-order valence-corrected chi connectivity index (χ4v) is 2.77. The van der Waals surface area contributed by atoms with Crippen molar-refractivity contribution < 1.29 is 4.79 Å². The lowest BCUT2D eigenvalue weighted by molar-refractivity contribution is 0.0935. The third-order valence-corrected chi connectivity index (χ3v) is 4.19. The second-order valence-corrected chi connectivity index (χ2v) is 5.53. The van der Waals surface area contributed by atoms with Crippen LogP contribution in [0.1, 0.15) is 28.4 Å². The number of nitrogens with one attached hydrogen (secondary N) is 1. The number of aryl methyl sites for hydroxylation is 2. The number of fused-ring (bicyclic) bond motifs is 1. The third kappa shape index (κ3) is 2.35. The maximum absolute atomic E-state index is 12.2. The summed E-state index contributed by atoms with van der Waals surface area (Å²) in [5.41, 5.74) is 1.82. The van der Waals surface area contributed by atoms with Crippen molar-refractivity contribution in [3.63, 3.8) is 0 Å². The van der Waals surface area contributed by atoms with Crippen LogP contribution in [0.4, 0.5) is 0 Å². The van der Waals surface area contributed by atoms with Crippen LogP contribution < -0.4 is 5.32 Å². The monoisotopic (exact) mass is 272 g/mol. The second-order valence-electron chi connectivity index (χ2n) is 5.53. The number of rotatable bonds is 3. The van der Waals surface area contributed by atoms with Gasteiger partial charge in [0.05, 0.1) is 0 Å². The Morgan fingerprint density at radius 2 is 2.35 bits per heavy atom. The summed E-state index contributed by atoms with van der Waals surface area (Å²) < 4.78 is 4.11. The zero-order valence-corrected chi connectivity index (χ0v) is 12.0. The lowest BCUT2D eigenvalue weighted by Gasteiger charge is -2.24. The second kappa shape index (κ2) is 5.15. The van der Waals surface area contributed by atoms with E-state index in [4.69, 9.17) is 0 Å². The van der Waals surface area contributed by atoms with E-state index < -0.39 is 0 Å². The van der Waals surface area contributed by atoms with Crippen LogP contribution in [0.15, 0.2) is 24.5 Å². The van der Waals surface area contributed by atoms with Crippen LogP contribution >= 0.6 is 0 Å². The molecule has 0 aromatic carbocycles. The molecule has 1 aliphatic rings. The highest BCUT2D eigenvalue weighted by Crippen LogP contribution is 2.18. The Labute approximate surface area is 118 Å². The molecule has 0 aliphatic carbocycles. The first-order valence-corrected chi connectivity index (χ1v) is 7.05. The van der Waals surface area contributed by atoms with Crippen molar-refractivity contribution >= 4 is 5.91 Å². The number of hydrogen-bond acceptors (Lipinski definition) is 2. The summed E-state index contributed by atoms with van der Waals surface area (Å²) in [7, 11) is 1.92. The fraction of sp³-hybridized carbons (Fsp3) is 0.467. The molecule has 0 saturated carbocycles. The Morgan fingerprint density at radius 3 is 3.10 bits per heavy atom. The van der Waals surface area contributed by atoms with Gasteiger partial charge in [0.25, 0.3) is 5.91 Å². The average Bonchev–Trinajstić information content (AvgIpc) is 3.03. The highest BCUT2D eigenvalue weighted by atomic mass is 16.1. The van der Waals surface area contributed by atoms with Gasteiger partial charge in [0.1, 0.15) is 11.5 Å². The number of nitrogens with zero attached hydrogens (tertiary/aromatic N) is 3. The van der Waals surface area contributed by atoms with Crippen LogP contribution in [0.2, 0.25) is 0 Å². The Balaban J connectivity index is 1.58. The molecular formula is C15H20N4O. The molecule has 20 heavy (non-hydrogen) atoms. The van der Waals surface area contributed by atoms with Gasteiger partial charge in [0, 0.05) is 44.6 Å². The van der Waals surface area contributed by atoms with Gasteiger partial charge in [0.15, 0.2) is 0 Å². The molecule has 2 aromatic heterocycles. The molecule has 1 amide bonds. The Kier molecular flexibility index (Phi) is 3.34. The Hall–Kier alpha value is -2.04. The maximum Gasteiger partial charge on any atom is 0.267 e. The predicted octanol–water partition coefficient (Wildman–Crippen LogP) is 1.52. The molecule has 0 bridgehead atoms. The Bertz CT molecular complexity index is 626. The number of hydrogen-bond donors (Lipinski definition) is 1. The predicted molar refractivity (Wildman–Crippen MR) is 76.5 cm³/mol. The maximum atomic E-state index is 12.2. The van der Waals surface area contributed by atoms with E-state index in [2.05, 4.69) is 14.9 Å². The average molecular weight is 272 g/mol. The van der Waals surface area contributed by atoms with Gasteiger partial charge >= 0.3 is 0 Å². The van der Waals surface area contributed by atoms with Crippen molar-refractivity contribution in [3.8, 4) is 0 Å². The van der Waals surface area contributed by atoms with Gasteiger partial charge in [-0.25, -0.2) is 4.98 Å². The number of carbonyl (C=O) groups is 1. The molecular weight excluding hydrogens is 252 g/mol. The van der Waals surface area contributed by atoms with Gasteiger partial charge in [-0.15, -0.1) is 0 Å². The van der Waals surface area contributed by atoms with Crippen LogP contribution in [-0.4, -0.2) is 26.6 Å². The van der Waals surface area contributed by atoms with E-state index >= 15 is 0 Å². The van der Waals surface area contributed by atoms with Crippen LogP contribution in [-0.2, 0) is 20.0 Å². The number of carbonyl (C=O) groups excluding carboxylic acids is 1. The van der Waals surface area contributed by atoms with Crippen molar-refractivity contribution in [3.05, 3.63) is 41.7 Å². The summed E-state index contributed by atoms with van der Waals surface area (Å²) in [5, 5.41) is 3.05. The molecule has 3 rings (SSSR count). The molecule has 1 atom stereocenters. The topological polar surface area (TPSA) is 51.9 Å². The molecule has 0 radical (unpaired) electrons. The fourth-order valence-electron chi connectivity index (χ4n) is 2.77. The number of amides is 1. The summed E-state index contributed by atoms with van der Waals surface area (Å²) in [6.45, 7) is 3.67. The van der Waals surface area contributed by atoms with E-state index in [0.29, 0.717) is 5.92 Å². The first kappa shape index (κ1) is 13.0. The first-order valence-electron chi connectivity index (χ1n) is 7.05. The molecule has 0 unspecified atom stereocenters. The summed E-state index contributed by atoms with van der Waals surface area (Å²) in [5.74, 6) is 1.66. The summed E-state index contributed by atoms with van der Waals surface area (Å²) >= 11 is 0. The minimum atomic E-state index is 0.0111. The van der Waals surface area contributed by atoms with Crippen molar-refractivity contribution in [1.82, 2.24) is 19.4 Å². The highest BCUT2D eigenvalue weighted by molar-refractivity contribution is 5.92. The highest BCUT2D eigenvalue weighted by Gasteiger charge is 2.20. The SMILES string of the molecule is Cc1ccc(C(=O)NC[C@@H]2CCc3nccn3C2)n1C. The molecule has 1 aliphatic heterocycles. The minimum Gasteiger partial charge on any atom is -0.350 e. The molecule has 3 heterocycles. The minimum absolute atomic E-state index is 0.0111. The quantitative estimate of drug-likeness (QED) is 0.921. The standard InChI is InChI=1S/C15H20N4O/c1-11-3-5-13(18(11)2)15(20)17-9-12-4-6-14-16-7-8-19(14)10-12/h3,5,7-8,12H,4,6,9-10H2,1-2H3,(H,17,20)/t12-/m0/s1. The van der Waals surface area contributed by atoms with Gasteiger partial charge in [0.2, 0.25) is 0 Å². The molecule has 1 N–H and O–H groups in total. The molecule has 5 heteroatoms. The zero-order chi connectivity index (χ0) is 14.1. The molecule has 106 valence electrons. The van der Waals surface area contributed by atoms with Gasteiger partial charge in [-0.2, -0.15) is 0 Å². The summed E-state index contributed by atoms with van der Waals surface area (Å²) in [6, 6.07) is 3.84. The van der Waals surface area contributed by atoms with E-state index in [-0.39, 0.29) is 5.91 Å². The number of imidazole rings is 1.